The summed E-state index contributed by atoms with van der Waals surface area (Å²) >= 11 is 18.4. The second-order valence-electron chi connectivity index (χ2n) is 29.8. The standard InChI is InChI=1S/C30H45ClN4O4Si.C27H48BNO6Si.C9H9Cl2N3/c1-20(2)35-27-24(17-32-35)25(31)16-26(33-27)21-13-12-14-22(15-21)37-19-23(39-40(10,11)30(6,7)8)18-34(9)28(36)38-29(3,4)5;1-24(2,3)32-23(30)29(11)18-22(33-36(12,13)25(4,5)6)19-31-21-16-14-15-20(17-21)28-34-26(7,8)27(9,10)35-28;1-5(2)14-9-6(4-12-14)7(10)3-8(11)13-9/h12-17,20,23H,18-19H2,1-11H3;14-17,22H,18-19H2,1-13H3;3-5H,1-2H3. The number of ether oxygens (including phenoxy) is 4. The van der Waals surface area contributed by atoms with Crippen molar-refractivity contribution in [2.24, 2.45) is 0 Å². The van der Waals surface area contributed by atoms with Crippen LogP contribution in [0.5, 0.6) is 11.5 Å². The SMILES string of the molecule is CC(C)n1ncc2c(Cl)cc(-c3cccc(OCC(CN(C)C(=O)OC(C)(C)C)O[Si](C)(C)C(C)(C)C)c3)nc21.CC(C)n1ncc2c(Cl)cc(Cl)nc21.CN(CC(COc1cccc(B2OC(C)(C)C(C)(C)O2)c1)O[Si](C)(C)C(C)(C)C)C(=O)OC(C)(C)C. The maximum atomic E-state index is 12.7. The molecule has 6 aromatic rings. The van der Waals surface area contributed by atoms with Gasteiger partial charge in [0.2, 0.25) is 0 Å². The lowest BCUT2D eigenvalue weighted by Gasteiger charge is -2.40. The molecule has 18 nitrogen and oxygen atoms in total. The van der Waals surface area contributed by atoms with E-state index in [1.54, 1.807) is 47.0 Å². The highest BCUT2D eigenvalue weighted by Crippen LogP contribution is 2.40. The number of hydrogen-bond acceptors (Lipinski definition) is 14. The summed E-state index contributed by atoms with van der Waals surface area (Å²) in [5.41, 5.74) is 2.03. The Bertz CT molecular complexity index is 3370. The molecule has 5 heterocycles. The Balaban J connectivity index is 0.000000270. The van der Waals surface area contributed by atoms with Gasteiger partial charge in [-0.05, 0) is 175 Å². The minimum atomic E-state index is -2.15. The Hall–Kier alpha value is -4.97. The molecule has 498 valence electrons. The number of halogens is 3. The molecular formula is C66H102BCl3N8O10Si2. The van der Waals surface area contributed by atoms with Crippen LogP contribution < -0.4 is 14.9 Å². The molecule has 0 aliphatic carbocycles. The molecule has 0 bridgehead atoms. The summed E-state index contributed by atoms with van der Waals surface area (Å²) in [7, 11) is -1.27. The van der Waals surface area contributed by atoms with Crippen LogP contribution in [-0.4, -0.2) is 150 Å². The van der Waals surface area contributed by atoms with Crippen molar-refractivity contribution in [2.45, 2.75) is 221 Å². The van der Waals surface area contributed by atoms with Gasteiger partial charge in [-0.3, -0.25) is 0 Å². The minimum absolute atomic E-state index is 0.00173. The average Bonchev–Trinajstić information content (AvgIpc) is 1.84. The van der Waals surface area contributed by atoms with Crippen molar-refractivity contribution in [2.75, 3.05) is 40.4 Å². The lowest BCUT2D eigenvalue weighted by Crippen LogP contribution is -2.49. The molecule has 2 amide bonds. The summed E-state index contributed by atoms with van der Waals surface area (Å²) in [5, 5.41) is 11.9. The van der Waals surface area contributed by atoms with E-state index in [9.17, 15) is 9.59 Å². The van der Waals surface area contributed by atoms with E-state index in [0.29, 0.717) is 46.4 Å². The van der Waals surface area contributed by atoms with Gasteiger partial charge in [-0.1, -0.05) is 101 Å². The Kier molecular flexibility index (Phi) is 24.9. The van der Waals surface area contributed by atoms with Crippen LogP contribution >= 0.6 is 34.8 Å². The van der Waals surface area contributed by atoms with Gasteiger partial charge in [0.05, 0.1) is 75.4 Å². The van der Waals surface area contributed by atoms with Crippen LogP contribution in [0.2, 0.25) is 51.5 Å². The average molecular weight is 1340 g/mol. The van der Waals surface area contributed by atoms with E-state index in [2.05, 4.69) is 96.8 Å². The van der Waals surface area contributed by atoms with E-state index in [4.69, 9.17) is 76.9 Å². The third-order valence-corrected chi connectivity index (χ3v) is 26.2. The van der Waals surface area contributed by atoms with Gasteiger partial charge in [-0.15, -0.1) is 0 Å². The van der Waals surface area contributed by atoms with Crippen molar-refractivity contribution in [1.82, 2.24) is 39.3 Å². The van der Waals surface area contributed by atoms with Gasteiger partial charge in [0.25, 0.3) is 0 Å². The Labute approximate surface area is 554 Å². The zero-order chi connectivity index (χ0) is 68.1. The second-order valence-corrected chi connectivity index (χ2v) is 40.5. The van der Waals surface area contributed by atoms with E-state index < -0.39 is 52.3 Å². The van der Waals surface area contributed by atoms with Crippen molar-refractivity contribution < 1.29 is 46.7 Å². The summed E-state index contributed by atoms with van der Waals surface area (Å²) < 4.78 is 53.0. The molecule has 2 aromatic carbocycles. The maximum Gasteiger partial charge on any atom is 0.494 e. The first-order valence-electron chi connectivity index (χ1n) is 30.9. The second kappa shape index (κ2) is 29.5. The largest absolute Gasteiger partial charge is 0.494 e. The minimum Gasteiger partial charge on any atom is -0.491 e. The van der Waals surface area contributed by atoms with Gasteiger partial charge < -0.3 is 46.9 Å². The fourth-order valence-corrected chi connectivity index (χ4v) is 11.9. The molecule has 0 saturated carbocycles. The van der Waals surface area contributed by atoms with Crippen LogP contribution in [0.4, 0.5) is 9.59 Å². The topological polar surface area (TPSA) is 176 Å². The first-order valence-corrected chi connectivity index (χ1v) is 37.8. The number of amides is 2. The van der Waals surface area contributed by atoms with Crippen LogP contribution in [0.25, 0.3) is 33.3 Å². The number of benzene rings is 2. The molecule has 2 unspecified atom stereocenters. The van der Waals surface area contributed by atoms with Crippen molar-refractivity contribution in [1.29, 1.82) is 0 Å². The zero-order valence-corrected chi connectivity index (χ0v) is 62.7. The number of likely N-dealkylation sites (N-methyl/N-ethyl adjacent to an activating group) is 2. The quantitative estimate of drug-likeness (QED) is 0.0587. The van der Waals surface area contributed by atoms with E-state index in [1.807, 2.05) is 142 Å². The summed E-state index contributed by atoms with van der Waals surface area (Å²) in [4.78, 5) is 37.5. The number of rotatable bonds is 18. The molecular weight excluding hydrogens is 1240 g/mol. The van der Waals surface area contributed by atoms with Crippen molar-refractivity contribution in [3.8, 4) is 22.8 Å². The van der Waals surface area contributed by atoms with Crippen molar-refractivity contribution in [3.63, 3.8) is 0 Å². The third kappa shape index (κ3) is 20.8. The molecule has 1 fully saturated rings. The Morgan fingerprint density at radius 2 is 1.00 bits per heavy atom. The summed E-state index contributed by atoms with van der Waals surface area (Å²) in [6, 6.07) is 19.4. The molecule has 1 aliphatic heterocycles. The number of carbonyl (C=O) groups is 2. The van der Waals surface area contributed by atoms with Gasteiger partial charge in [0, 0.05) is 31.7 Å². The number of carbonyl (C=O) groups excluding carboxylic acids is 2. The smallest absolute Gasteiger partial charge is 0.491 e. The van der Waals surface area contributed by atoms with Crippen LogP contribution in [0.1, 0.15) is 151 Å². The molecule has 7 rings (SSSR count). The van der Waals surface area contributed by atoms with Crippen LogP contribution in [0, 0.1) is 0 Å². The monoisotopic (exact) mass is 1340 g/mol. The summed E-state index contributed by atoms with van der Waals surface area (Å²) in [6.45, 7) is 50.7. The number of pyridine rings is 2. The molecule has 1 aliphatic rings. The molecule has 1 saturated heterocycles. The highest BCUT2D eigenvalue weighted by Gasteiger charge is 2.52. The predicted octanol–water partition coefficient (Wildman–Crippen LogP) is 16.9. The molecule has 2 atom stereocenters. The Morgan fingerprint density at radius 1 is 0.600 bits per heavy atom. The fourth-order valence-electron chi connectivity index (χ4n) is 8.56. The van der Waals surface area contributed by atoms with Gasteiger partial charge >= 0.3 is 19.3 Å². The molecule has 90 heavy (non-hydrogen) atoms. The molecule has 24 heteroatoms. The third-order valence-electron chi connectivity index (χ3n) is 16.3. The van der Waals surface area contributed by atoms with Gasteiger partial charge in [-0.2, -0.15) is 10.2 Å². The number of aromatic nitrogens is 6. The number of hydrogen-bond donors (Lipinski definition) is 0. The summed E-state index contributed by atoms with van der Waals surface area (Å²) in [5.74, 6) is 1.38. The molecule has 0 radical (unpaired) electrons. The van der Waals surface area contributed by atoms with Crippen molar-refractivity contribution >= 4 is 98.3 Å². The van der Waals surface area contributed by atoms with E-state index in [0.717, 1.165) is 38.8 Å². The first-order chi connectivity index (χ1) is 41.1. The van der Waals surface area contributed by atoms with E-state index >= 15 is 0 Å². The number of nitrogens with zero attached hydrogens (tertiary/aromatic N) is 8. The molecule has 0 N–H and O–H groups in total. The van der Waals surface area contributed by atoms with Gasteiger partial charge in [0.15, 0.2) is 27.9 Å². The van der Waals surface area contributed by atoms with E-state index in [-0.39, 0.29) is 47.1 Å². The number of fused-ring (bicyclic) bond motifs is 2. The molecule has 0 spiro atoms. The van der Waals surface area contributed by atoms with Gasteiger partial charge in [0.1, 0.15) is 41.1 Å². The Morgan fingerprint density at radius 3 is 1.41 bits per heavy atom. The zero-order valence-electron chi connectivity index (χ0n) is 58.4. The first kappa shape index (κ1) is 75.7. The highest BCUT2D eigenvalue weighted by molar-refractivity contribution is 6.74. The van der Waals surface area contributed by atoms with Crippen LogP contribution in [0.3, 0.4) is 0 Å². The van der Waals surface area contributed by atoms with E-state index in [1.165, 1.54) is 0 Å². The summed E-state index contributed by atoms with van der Waals surface area (Å²) in [6.07, 6.45) is 2.04. The van der Waals surface area contributed by atoms with Gasteiger partial charge in [-0.25, -0.2) is 28.9 Å². The molecule has 4 aromatic heterocycles. The normalized spacial score (nSPS) is 15.3. The lowest BCUT2D eigenvalue weighted by atomic mass is 9.79. The van der Waals surface area contributed by atoms with Crippen molar-refractivity contribution in [3.05, 3.63) is 88.3 Å². The fraction of sp³-hybridized carbons (Fsp3) is 0.606. The highest BCUT2D eigenvalue weighted by atomic mass is 35.5. The van der Waals surface area contributed by atoms with Crippen LogP contribution in [-0.2, 0) is 27.6 Å². The van der Waals surface area contributed by atoms with Crippen LogP contribution in [0.15, 0.2) is 73.1 Å². The lowest BCUT2D eigenvalue weighted by molar-refractivity contribution is 0.00578. The predicted molar refractivity (Wildman–Crippen MR) is 371 cm³/mol. The maximum absolute atomic E-state index is 12.7.